The van der Waals surface area contributed by atoms with Crippen molar-refractivity contribution < 1.29 is 22.6 Å². The number of hydrogen-bond donors (Lipinski definition) is 1. The number of halogens is 2. The first-order valence-corrected chi connectivity index (χ1v) is 15.4. The van der Waals surface area contributed by atoms with E-state index in [0.29, 0.717) is 11.5 Å². The van der Waals surface area contributed by atoms with Crippen LogP contribution in [0.3, 0.4) is 0 Å². The maximum absolute atomic E-state index is 6.06. The van der Waals surface area contributed by atoms with Crippen LogP contribution in [0.15, 0.2) is 131 Å². The first-order valence-electron chi connectivity index (χ1n) is 12.4. The average molecular weight is 612 g/mol. The molecule has 0 fully saturated rings. The molecule has 0 saturated heterocycles. The second-order valence-electron chi connectivity index (χ2n) is 8.50. The van der Waals surface area contributed by atoms with E-state index in [1.165, 1.54) is 0 Å². The Morgan fingerprint density at radius 2 is 0.900 bits per heavy atom. The van der Waals surface area contributed by atoms with Crippen LogP contribution in [0.4, 0.5) is 11.4 Å². The van der Waals surface area contributed by atoms with Crippen LogP contribution in [-0.4, -0.2) is 16.4 Å². The molecule has 0 saturated carbocycles. The first kappa shape index (κ1) is 29.2. The number of aromatic amines is 1. The normalized spacial score (nSPS) is 11.5. The number of rotatable bonds is 8. The van der Waals surface area contributed by atoms with Gasteiger partial charge in [0.1, 0.15) is 22.9 Å². The molecule has 0 bridgehead atoms. The van der Waals surface area contributed by atoms with Crippen molar-refractivity contribution in [3.05, 3.63) is 133 Å². The molecule has 5 aromatic rings. The molecule has 204 valence electrons. The topological polar surface area (TPSA) is 59.0 Å². The quantitative estimate of drug-likeness (QED) is 0.140. The predicted octanol–water partition coefficient (Wildman–Crippen LogP) is 10.3. The average Bonchev–Trinajstić information content (AvgIpc) is 3.48. The van der Waals surface area contributed by atoms with Crippen molar-refractivity contribution in [3.63, 3.8) is 0 Å². The summed E-state index contributed by atoms with van der Waals surface area (Å²) in [5.74, 6) is 2.95. The van der Waals surface area contributed by atoms with Crippen LogP contribution in [-0.2, 0) is 13.1 Å². The van der Waals surface area contributed by atoms with Gasteiger partial charge in [-0.2, -0.15) is 0 Å². The number of benzene rings is 4. The number of nitrogens with one attached hydrogen (secondary N) is 1. The molecule has 1 heterocycles. The van der Waals surface area contributed by atoms with E-state index in [-0.39, 0.29) is 13.1 Å². The summed E-state index contributed by atoms with van der Waals surface area (Å²) in [6, 6.07) is 39.0. The molecule has 0 radical (unpaired) electrons. The minimum atomic E-state index is 0.194. The summed E-state index contributed by atoms with van der Waals surface area (Å²) in [5, 5.41) is 0. The summed E-state index contributed by atoms with van der Waals surface area (Å²) in [6.45, 7) is 3.95. The van der Waals surface area contributed by atoms with Crippen molar-refractivity contribution in [1.82, 2.24) is 4.98 Å². The zero-order valence-electron chi connectivity index (χ0n) is 21.9. The SMILES string of the molecule is CC(=Nc1ccccc1Oc1ccccc1)c1ccc(C(C)=Nc2ccccc2Oc2ccccc2)[nH]1.[Cl][Fe][Cl]. The van der Waals surface area contributed by atoms with Gasteiger partial charge >= 0.3 is 33.3 Å². The third kappa shape index (κ3) is 8.35. The summed E-state index contributed by atoms with van der Waals surface area (Å²) in [4.78, 5) is 13.1. The molecule has 0 unspecified atom stereocenters. The molecule has 5 nitrogen and oxygen atoms in total. The van der Waals surface area contributed by atoms with Gasteiger partial charge in [0.25, 0.3) is 0 Å². The van der Waals surface area contributed by atoms with Crippen LogP contribution in [0, 0.1) is 0 Å². The zero-order chi connectivity index (χ0) is 28.2. The Morgan fingerprint density at radius 3 is 1.30 bits per heavy atom. The molecule has 4 aromatic carbocycles. The third-order valence-electron chi connectivity index (χ3n) is 5.71. The van der Waals surface area contributed by atoms with Crippen molar-refractivity contribution in [2.45, 2.75) is 13.8 Å². The molecule has 1 N–H and O–H groups in total. The number of nitrogens with zero attached hydrogens (tertiary/aromatic N) is 2. The number of H-pyrrole nitrogens is 1. The van der Waals surface area contributed by atoms with Crippen LogP contribution in [0.2, 0.25) is 0 Å². The molecule has 0 amide bonds. The third-order valence-corrected chi connectivity index (χ3v) is 5.71. The molecule has 0 aliphatic carbocycles. The zero-order valence-corrected chi connectivity index (χ0v) is 24.5. The summed E-state index contributed by atoms with van der Waals surface area (Å²) in [5.41, 5.74) is 5.03. The van der Waals surface area contributed by atoms with Crippen molar-refractivity contribution in [3.8, 4) is 23.0 Å². The molecule has 0 aliphatic heterocycles. The van der Waals surface area contributed by atoms with Crippen LogP contribution >= 0.6 is 20.2 Å². The predicted molar refractivity (Wildman–Crippen MR) is 162 cm³/mol. The summed E-state index contributed by atoms with van der Waals surface area (Å²) in [7, 11) is 9.53. The Balaban J connectivity index is 0.00000118. The fraction of sp³-hybridized carbons (Fsp3) is 0.0625. The Labute approximate surface area is 249 Å². The van der Waals surface area contributed by atoms with Gasteiger partial charge in [-0.1, -0.05) is 60.7 Å². The molecule has 0 aliphatic rings. The van der Waals surface area contributed by atoms with Gasteiger partial charge < -0.3 is 14.5 Å². The second kappa shape index (κ2) is 15.1. The van der Waals surface area contributed by atoms with Crippen molar-refractivity contribution in [2.24, 2.45) is 9.98 Å². The minimum absolute atomic E-state index is 0.194. The van der Waals surface area contributed by atoms with Gasteiger partial charge in [0.15, 0.2) is 11.5 Å². The van der Waals surface area contributed by atoms with Gasteiger partial charge in [-0.15, -0.1) is 0 Å². The number of ether oxygens (including phenoxy) is 2. The van der Waals surface area contributed by atoms with Crippen molar-refractivity contribution in [1.29, 1.82) is 0 Å². The molecular formula is C32H27Cl2FeN3O2. The van der Waals surface area contributed by atoms with Crippen molar-refractivity contribution in [2.75, 3.05) is 0 Å². The van der Waals surface area contributed by atoms with Crippen LogP contribution in [0.1, 0.15) is 25.2 Å². The Kier molecular flexibility index (Phi) is 11.0. The summed E-state index contributed by atoms with van der Waals surface area (Å²) < 4.78 is 12.1. The van der Waals surface area contributed by atoms with Gasteiger partial charge in [0.05, 0.1) is 22.8 Å². The van der Waals surface area contributed by atoms with E-state index < -0.39 is 0 Å². The number of para-hydroxylation sites is 6. The van der Waals surface area contributed by atoms with Gasteiger partial charge in [-0.25, -0.2) is 9.98 Å². The van der Waals surface area contributed by atoms with Crippen LogP contribution in [0.25, 0.3) is 0 Å². The molecule has 8 heteroatoms. The number of hydrogen-bond acceptors (Lipinski definition) is 4. The summed E-state index contributed by atoms with van der Waals surface area (Å²) >= 11 is 0.194. The van der Waals surface area contributed by atoms with Gasteiger partial charge in [-0.3, -0.25) is 0 Å². The second-order valence-corrected chi connectivity index (χ2v) is 10.3. The summed E-state index contributed by atoms with van der Waals surface area (Å²) in [6.07, 6.45) is 0. The molecule has 0 spiro atoms. The number of aromatic nitrogens is 1. The maximum atomic E-state index is 6.06. The molecular weight excluding hydrogens is 585 g/mol. The fourth-order valence-corrected chi connectivity index (χ4v) is 3.80. The van der Waals surface area contributed by atoms with E-state index in [1.807, 2.05) is 135 Å². The van der Waals surface area contributed by atoms with Crippen LogP contribution in [0.5, 0.6) is 23.0 Å². The van der Waals surface area contributed by atoms with Gasteiger partial charge in [0, 0.05) is 0 Å². The Hall–Kier alpha value is -3.80. The van der Waals surface area contributed by atoms with Gasteiger partial charge in [-0.05, 0) is 74.5 Å². The fourth-order valence-electron chi connectivity index (χ4n) is 3.80. The van der Waals surface area contributed by atoms with Crippen molar-refractivity contribution >= 4 is 43.0 Å². The molecule has 5 rings (SSSR count). The van der Waals surface area contributed by atoms with E-state index in [0.717, 1.165) is 45.7 Å². The van der Waals surface area contributed by atoms with Crippen LogP contribution < -0.4 is 9.47 Å². The monoisotopic (exact) mass is 611 g/mol. The Bertz CT molecular complexity index is 1460. The standard InChI is InChI=1S/C32H27N3O2.2ClH.Fe/c1-23(33-29-17-9-11-19-31(29)36-25-13-5-3-6-14-25)27-21-22-28(35-27)24(2)34-30-18-10-12-20-32(30)37-26-15-7-4-8-16-26;;;/h3-22,35H,1-2H3;2*1H;/q;;;+2/p-2. The van der Waals surface area contributed by atoms with E-state index in [9.17, 15) is 0 Å². The molecule has 0 atom stereocenters. The number of aliphatic imine (C=N–C) groups is 2. The van der Waals surface area contributed by atoms with E-state index >= 15 is 0 Å². The molecule has 1 aromatic heterocycles. The van der Waals surface area contributed by atoms with E-state index in [2.05, 4.69) is 4.98 Å². The van der Waals surface area contributed by atoms with E-state index in [4.69, 9.17) is 39.7 Å². The van der Waals surface area contributed by atoms with Gasteiger partial charge in [0.2, 0.25) is 0 Å². The van der Waals surface area contributed by atoms with E-state index in [1.54, 1.807) is 0 Å². The molecule has 40 heavy (non-hydrogen) atoms. The Morgan fingerprint density at radius 1 is 0.550 bits per heavy atom. The first-order chi connectivity index (χ1) is 19.6.